The average Bonchev–Trinajstić information content (AvgIpc) is 2.02. The Labute approximate surface area is 111 Å². The molecule has 0 aliphatic heterocycles. The zero-order valence-corrected chi connectivity index (χ0v) is 11.5. The van der Waals surface area contributed by atoms with Crippen molar-refractivity contribution < 1.29 is 44.6 Å². The number of hydrogen-bond donors (Lipinski definition) is 1. The van der Waals surface area contributed by atoms with E-state index in [1.54, 1.807) is 6.07 Å². The maximum atomic E-state index is 10.6. The minimum Gasteiger partial charge on any atom is -0.545 e. The van der Waals surface area contributed by atoms with Crippen molar-refractivity contribution in [1.29, 1.82) is 0 Å². The summed E-state index contributed by atoms with van der Waals surface area (Å²) < 4.78 is 0. The standard InChI is InChI=1S/C11H14O3.Na/c1-11(2,3)7-4-5-9(12)8(6-7)10(13)14;/h4-6,12H,1-3H3,(H,13,14);/q;+1/p-1. The molecule has 0 spiro atoms. The molecule has 0 heterocycles. The van der Waals surface area contributed by atoms with Crippen LogP contribution in [0.1, 0.15) is 36.7 Å². The van der Waals surface area contributed by atoms with E-state index in [0.717, 1.165) is 5.56 Å². The number of aromatic hydroxyl groups is 1. The van der Waals surface area contributed by atoms with Crippen molar-refractivity contribution in [1.82, 2.24) is 0 Å². The quantitative estimate of drug-likeness (QED) is 0.555. The molecule has 0 saturated carbocycles. The molecule has 0 atom stereocenters. The van der Waals surface area contributed by atoms with E-state index in [9.17, 15) is 15.0 Å². The molecule has 0 saturated heterocycles. The number of rotatable bonds is 1. The van der Waals surface area contributed by atoms with Gasteiger partial charge >= 0.3 is 29.6 Å². The van der Waals surface area contributed by atoms with Gasteiger partial charge in [-0.3, -0.25) is 0 Å². The molecule has 1 rings (SSSR count). The smallest absolute Gasteiger partial charge is 0.545 e. The molecular formula is C11H13NaO3. The van der Waals surface area contributed by atoms with Crippen LogP contribution in [0.4, 0.5) is 0 Å². The van der Waals surface area contributed by atoms with Gasteiger partial charge in [-0.1, -0.05) is 26.8 Å². The fourth-order valence-corrected chi connectivity index (χ4v) is 1.17. The summed E-state index contributed by atoms with van der Waals surface area (Å²) in [7, 11) is 0. The Morgan fingerprint density at radius 1 is 1.33 bits per heavy atom. The topological polar surface area (TPSA) is 60.4 Å². The third-order valence-electron chi connectivity index (χ3n) is 2.08. The zero-order chi connectivity index (χ0) is 10.9. The van der Waals surface area contributed by atoms with Crippen molar-refractivity contribution in [2.75, 3.05) is 0 Å². The number of carboxylic acid groups (broad SMARTS) is 1. The Kier molecular flexibility index (Phi) is 4.84. The summed E-state index contributed by atoms with van der Waals surface area (Å²) in [6.07, 6.45) is 0. The molecular weight excluding hydrogens is 203 g/mol. The van der Waals surface area contributed by atoms with Crippen molar-refractivity contribution in [2.24, 2.45) is 0 Å². The number of carbonyl (C=O) groups is 1. The van der Waals surface area contributed by atoms with Crippen molar-refractivity contribution >= 4 is 5.97 Å². The van der Waals surface area contributed by atoms with Gasteiger partial charge in [0.2, 0.25) is 0 Å². The van der Waals surface area contributed by atoms with Gasteiger partial charge in [0.15, 0.2) is 0 Å². The third-order valence-corrected chi connectivity index (χ3v) is 2.08. The summed E-state index contributed by atoms with van der Waals surface area (Å²) in [5, 5.41) is 19.9. The van der Waals surface area contributed by atoms with E-state index < -0.39 is 5.97 Å². The minimum absolute atomic E-state index is 0. The molecule has 1 aromatic rings. The number of carbonyl (C=O) groups excluding carboxylic acids is 1. The molecule has 3 nitrogen and oxygen atoms in total. The van der Waals surface area contributed by atoms with Gasteiger partial charge < -0.3 is 15.0 Å². The molecule has 0 fully saturated rings. The Hall–Kier alpha value is -0.510. The van der Waals surface area contributed by atoms with Crippen molar-refractivity contribution in [3.63, 3.8) is 0 Å². The van der Waals surface area contributed by atoms with Crippen molar-refractivity contribution in [3.05, 3.63) is 29.3 Å². The molecule has 0 amide bonds. The molecule has 1 N–H and O–H groups in total. The van der Waals surface area contributed by atoms with Gasteiger partial charge in [-0.25, -0.2) is 0 Å². The predicted octanol–water partition coefficient (Wildman–Crippen LogP) is -1.94. The SMILES string of the molecule is CC(C)(C)c1ccc(O)c(C(=O)[O-])c1.[Na+]. The maximum Gasteiger partial charge on any atom is 1.00 e. The first-order valence-electron chi connectivity index (χ1n) is 4.37. The van der Waals surface area contributed by atoms with Gasteiger partial charge in [0.25, 0.3) is 0 Å². The monoisotopic (exact) mass is 216 g/mol. The van der Waals surface area contributed by atoms with Crippen LogP contribution in [0.5, 0.6) is 5.75 Å². The number of carboxylic acids is 1. The normalized spacial score (nSPS) is 10.6. The first-order valence-corrected chi connectivity index (χ1v) is 4.37. The largest absolute Gasteiger partial charge is 1.00 e. The molecule has 0 unspecified atom stereocenters. The summed E-state index contributed by atoms with van der Waals surface area (Å²) >= 11 is 0. The van der Waals surface area contributed by atoms with Crippen LogP contribution in [0.15, 0.2) is 18.2 Å². The second-order valence-electron chi connectivity index (χ2n) is 4.27. The van der Waals surface area contributed by atoms with Gasteiger partial charge in [-0.15, -0.1) is 0 Å². The van der Waals surface area contributed by atoms with Crippen LogP contribution in [-0.2, 0) is 5.41 Å². The average molecular weight is 216 g/mol. The van der Waals surface area contributed by atoms with Gasteiger partial charge in [0.05, 0.1) is 5.97 Å². The number of hydrogen-bond acceptors (Lipinski definition) is 3. The molecule has 0 aliphatic carbocycles. The van der Waals surface area contributed by atoms with E-state index in [1.165, 1.54) is 12.1 Å². The molecule has 0 aromatic heterocycles. The second kappa shape index (κ2) is 5.01. The fourth-order valence-electron chi connectivity index (χ4n) is 1.17. The van der Waals surface area contributed by atoms with E-state index in [2.05, 4.69) is 0 Å². The zero-order valence-electron chi connectivity index (χ0n) is 9.50. The van der Waals surface area contributed by atoms with E-state index in [4.69, 9.17) is 0 Å². The number of aromatic carboxylic acids is 1. The van der Waals surface area contributed by atoms with Gasteiger partial charge in [0.1, 0.15) is 5.75 Å². The number of benzene rings is 1. The van der Waals surface area contributed by atoms with Crippen LogP contribution in [0.3, 0.4) is 0 Å². The van der Waals surface area contributed by atoms with Crippen molar-refractivity contribution in [3.8, 4) is 5.75 Å². The van der Waals surface area contributed by atoms with Gasteiger partial charge in [-0.05, 0) is 23.1 Å². The van der Waals surface area contributed by atoms with Crippen LogP contribution >= 0.6 is 0 Å². The minimum atomic E-state index is -1.35. The van der Waals surface area contributed by atoms with E-state index in [-0.39, 0.29) is 46.3 Å². The second-order valence-corrected chi connectivity index (χ2v) is 4.27. The van der Waals surface area contributed by atoms with Gasteiger partial charge in [0, 0.05) is 5.56 Å². The van der Waals surface area contributed by atoms with Crippen molar-refractivity contribution in [2.45, 2.75) is 26.2 Å². The first-order chi connectivity index (χ1) is 6.32. The summed E-state index contributed by atoms with van der Waals surface area (Å²) in [5.41, 5.74) is 0.560. The Morgan fingerprint density at radius 2 is 1.87 bits per heavy atom. The van der Waals surface area contributed by atoms with Crippen LogP contribution in [-0.4, -0.2) is 11.1 Å². The molecule has 1 aromatic carbocycles. The summed E-state index contributed by atoms with van der Waals surface area (Å²) in [6.45, 7) is 5.91. The summed E-state index contributed by atoms with van der Waals surface area (Å²) in [6, 6.07) is 4.54. The first kappa shape index (κ1) is 14.5. The maximum absolute atomic E-state index is 10.6. The van der Waals surface area contributed by atoms with E-state index >= 15 is 0 Å². The molecule has 15 heavy (non-hydrogen) atoms. The van der Waals surface area contributed by atoms with Crippen LogP contribution in [0.25, 0.3) is 0 Å². The molecule has 0 radical (unpaired) electrons. The van der Waals surface area contributed by atoms with E-state index in [0.29, 0.717) is 0 Å². The Morgan fingerprint density at radius 3 is 2.27 bits per heavy atom. The predicted molar refractivity (Wildman–Crippen MR) is 51.1 cm³/mol. The Balaban J connectivity index is 0.00000196. The fraction of sp³-hybridized carbons (Fsp3) is 0.364. The van der Waals surface area contributed by atoms with Crippen LogP contribution < -0.4 is 34.7 Å². The van der Waals surface area contributed by atoms with Crippen LogP contribution in [0.2, 0.25) is 0 Å². The molecule has 0 aliphatic rings. The van der Waals surface area contributed by atoms with Crippen LogP contribution in [0, 0.1) is 0 Å². The number of phenols is 1. The third kappa shape index (κ3) is 3.52. The summed E-state index contributed by atoms with van der Waals surface area (Å²) in [5.74, 6) is -1.60. The summed E-state index contributed by atoms with van der Waals surface area (Å²) in [4.78, 5) is 10.6. The molecule has 76 valence electrons. The Bertz CT molecular complexity index is 367. The van der Waals surface area contributed by atoms with E-state index in [1.807, 2.05) is 20.8 Å². The molecule has 4 heteroatoms. The van der Waals surface area contributed by atoms with Gasteiger partial charge in [-0.2, -0.15) is 0 Å². The molecule has 0 bridgehead atoms.